The number of carbonyl (C=O) groups is 1. The van der Waals surface area contributed by atoms with Crippen LogP contribution in [0.15, 0.2) is 16.9 Å². The fourth-order valence-corrected chi connectivity index (χ4v) is 2.39. The van der Waals surface area contributed by atoms with Crippen LogP contribution in [-0.2, 0) is 15.0 Å². The van der Waals surface area contributed by atoms with E-state index in [0.717, 1.165) is 4.47 Å². The van der Waals surface area contributed by atoms with Gasteiger partial charge in [0.05, 0.1) is 4.47 Å². The number of hydrogen-bond acceptors (Lipinski definition) is 5. The Balaban J connectivity index is 2.21. The summed E-state index contributed by atoms with van der Waals surface area (Å²) in [5.41, 5.74) is -1.18. The van der Waals surface area contributed by atoms with Crippen molar-refractivity contribution in [2.45, 2.75) is 44.8 Å². The molecule has 0 unspecified atom stereocenters. The number of rotatable bonds is 2. The molecule has 0 bridgehead atoms. The van der Waals surface area contributed by atoms with E-state index in [1.807, 2.05) is 20.8 Å². The smallest absolute Gasteiger partial charge is 0.408 e. The molecule has 0 aliphatic carbocycles. The molecule has 1 aromatic heterocycles. The Bertz CT molecular complexity index is 493. The van der Waals surface area contributed by atoms with E-state index in [1.165, 1.54) is 0 Å². The van der Waals surface area contributed by atoms with Gasteiger partial charge in [-0.05, 0) is 36.7 Å². The number of aromatic nitrogens is 2. The first-order valence-electron chi connectivity index (χ1n) is 6.88. The van der Waals surface area contributed by atoms with Crippen molar-refractivity contribution >= 4 is 22.0 Å². The van der Waals surface area contributed by atoms with E-state index in [1.54, 1.807) is 12.4 Å². The predicted octanol–water partition coefficient (Wildman–Crippen LogP) is 2.77. The molecule has 2 heterocycles. The summed E-state index contributed by atoms with van der Waals surface area (Å²) in [6, 6.07) is 0. The van der Waals surface area contributed by atoms with Crippen molar-refractivity contribution in [2.24, 2.45) is 0 Å². The maximum atomic E-state index is 12.1. The Hall–Kier alpha value is -1.21. The van der Waals surface area contributed by atoms with Crippen LogP contribution in [0.4, 0.5) is 4.79 Å². The largest absolute Gasteiger partial charge is 0.444 e. The number of hydrogen-bond donors (Lipinski definition) is 1. The zero-order chi connectivity index (χ0) is 15.5. The fourth-order valence-electron chi connectivity index (χ4n) is 2.18. The summed E-state index contributed by atoms with van der Waals surface area (Å²) >= 11 is 3.32. The van der Waals surface area contributed by atoms with Gasteiger partial charge >= 0.3 is 6.09 Å². The van der Waals surface area contributed by atoms with Crippen LogP contribution in [0.3, 0.4) is 0 Å². The zero-order valence-corrected chi connectivity index (χ0v) is 14.1. The van der Waals surface area contributed by atoms with E-state index in [0.29, 0.717) is 31.9 Å². The van der Waals surface area contributed by atoms with Crippen LogP contribution < -0.4 is 5.32 Å². The van der Waals surface area contributed by atoms with E-state index in [4.69, 9.17) is 9.47 Å². The van der Waals surface area contributed by atoms with E-state index in [2.05, 4.69) is 31.2 Å². The van der Waals surface area contributed by atoms with Crippen molar-refractivity contribution < 1.29 is 14.3 Å². The molecule has 7 heteroatoms. The molecule has 6 nitrogen and oxygen atoms in total. The second-order valence-electron chi connectivity index (χ2n) is 6.05. The van der Waals surface area contributed by atoms with Gasteiger partial charge in [0, 0.05) is 38.4 Å². The number of amides is 1. The van der Waals surface area contributed by atoms with Crippen molar-refractivity contribution in [3.8, 4) is 0 Å². The van der Waals surface area contributed by atoms with Gasteiger partial charge in [-0.2, -0.15) is 0 Å². The lowest BCUT2D eigenvalue weighted by Crippen LogP contribution is -2.51. The molecule has 1 amide bonds. The minimum atomic E-state index is -0.638. The summed E-state index contributed by atoms with van der Waals surface area (Å²) in [5.74, 6) is 0.583. The number of alkyl carbamates (subject to hydrolysis) is 1. The topological polar surface area (TPSA) is 73.3 Å². The highest BCUT2D eigenvalue weighted by molar-refractivity contribution is 9.10. The highest BCUT2D eigenvalue weighted by Crippen LogP contribution is 2.30. The standard InChI is InChI=1S/C14H20BrN3O3/c1-13(2,3)21-12(19)18-14(4-6-20-7-5-14)11-16-8-10(15)9-17-11/h8-9H,4-7H2,1-3H3,(H,18,19). The molecule has 0 atom stereocenters. The number of ether oxygens (including phenoxy) is 2. The van der Waals surface area contributed by atoms with E-state index in [9.17, 15) is 4.79 Å². The second kappa shape index (κ2) is 6.27. The van der Waals surface area contributed by atoms with Crippen molar-refractivity contribution in [1.29, 1.82) is 0 Å². The van der Waals surface area contributed by atoms with Crippen LogP contribution in [0, 0.1) is 0 Å². The lowest BCUT2D eigenvalue weighted by atomic mass is 9.89. The van der Waals surface area contributed by atoms with Crippen LogP contribution >= 0.6 is 15.9 Å². The zero-order valence-electron chi connectivity index (χ0n) is 12.5. The number of nitrogens with zero attached hydrogens (tertiary/aromatic N) is 2. The fraction of sp³-hybridized carbons (Fsp3) is 0.643. The van der Waals surface area contributed by atoms with E-state index in [-0.39, 0.29) is 0 Å². The molecular formula is C14H20BrN3O3. The molecule has 1 aliphatic rings. The van der Waals surface area contributed by atoms with Crippen molar-refractivity contribution in [2.75, 3.05) is 13.2 Å². The van der Waals surface area contributed by atoms with Crippen LogP contribution in [-0.4, -0.2) is 34.9 Å². The Morgan fingerprint density at radius 3 is 2.43 bits per heavy atom. The maximum absolute atomic E-state index is 12.1. The lowest BCUT2D eigenvalue weighted by Gasteiger charge is -2.36. The molecule has 0 aromatic carbocycles. The Morgan fingerprint density at radius 1 is 1.33 bits per heavy atom. The summed E-state index contributed by atoms with van der Waals surface area (Å²) in [7, 11) is 0. The van der Waals surface area contributed by atoms with Gasteiger partial charge in [-0.25, -0.2) is 14.8 Å². The second-order valence-corrected chi connectivity index (χ2v) is 6.96. The molecule has 1 N–H and O–H groups in total. The van der Waals surface area contributed by atoms with Gasteiger partial charge in [0.25, 0.3) is 0 Å². The molecule has 21 heavy (non-hydrogen) atoms. The van der Waals surface area contributed by atoms with Crippen molar-refractivity contribution in [3.63, 3.8) is 0 Å². The molecular weight excluding hydrogens is 338 g/mol. The molecule has 0 radical (unpaired) electrons. The minimum absolute atomic E-state index is 0.462. The highest BCUT2D eigenvalue weighted by Gasteiger charge is 2.39. The number of carbonyl (C=O) groups excluding carboxylic acids is 1. The summed E-state index contributed by atoms with van der Waals surface area (Å²) < 4.78 is 11.5. The normalized spacial score (nSPS) is 18.1. The van der Waals surface area contributed by atoms with E-state index < -0.39 is 17.2 Å². The third-order valence-corrected chi connectivity index (χ3v) is 3.54. The Labute approximate surface area is 132 Å². The van der Waals surface area contributed by atoms with Crippen LogP contribution in [0.1, 0.15) is 39.4 Å². The monoisotopic (exact) mass is 357 g/mol. The molecule has 2 rings (SSSR count). The van der Waals surface area contributed by atoms with Gasteiger partial charge in [0.2, 0.25) is 0 Å². The number of nitrogens with one attached hydrogen (secondary N) is 1. The van der Waals surface area contributed by atoms with Gasteiger partial charge in [-0.1, -0.05) is 0 Å². The van der Waals surface area contributed by atoms with Gasteiger partial charge in [0.1, 0.15) is 11.1 Å². The Kier molecular flexibility index (Phi) is 4.83. The van der Waals surface area contributed by atoms with Gasteiger partial charge < -0.3 is 14.8 Å². The third-order valence-electron chi connectivity index (χ3n) is 3.13. The Morgan fingerprint density at radius 2 is 1.90 bits per heavy atom. The first-order chi connectivity index (χ1) is 9.81. The molecule has 1 fully saturated rings. The minimum Gasteiger partial charge on any atom is -0.444 e. The molecule has 0 saturated carbocycles. The number of halogens is 1. The van der Waals surface area contributed by atoms with Crippen LogP contribution in [0.2, 0.25) is 0 Å². The van der Waals surface area contributed by atoms with Crippen LogP contribution in [0.5, 0.6) is 0 Å². The van der Waals surface area contributed by atoms with Gasteiger partial charge in [-0.15, -0.1) is 0 Å². The summed E-state index contributed by atoms with van der Waals surface area (Å²) in [6.45, 7) is 6.60. The van der Waals surface area contributed by atoms with E-state index >= 15 is 0 Å². The summed E-state index contributed by atoms with van der Waals surface area (Å²) in [6.07, 6.45) is 4.13. The maximum Gasteiger partial charge on any atom is 0.408 e. The molecule has 1 aliphatic heterocycles. The van der Waals surface area contributed by atoms with Gasteiger partial charge in [0.15, 0.2) is 5.82 Å². The predicted molar refractivity (Wildman–Crippen MR) is 80.8 cm³/mol. The summed E-state index contributed by atoms with van der Waals surface area (Å²) in [5, 5.41) is 2.94. The average molecular weight is 358 g/mol. The molecule has 1 saturated heterocycles. The molecule has 0 spiro atoms. The first-order valence-corrected chi connectivity index (χ1v) is 7.67. The van der Waals surface area contributed by atoms with Crippen molar-refractivity contribution in [1.82, 2.24) is 15.3 Å². The first kappa shape index (κ1) is 16.2. The van der Waals surface area contributed by atoms with Crippen molar-refractivity contribution in [3.05, 3.63) is 22.7 Å². The quantitative estimate of drug-likeness (QED) is 0.880. The lowest BCUT2D eigenvalue weighted by molar-refractivity contribution is 0.0132. The highest BCUT2D eigenvalue weighted by atomic mass is 79.9. The molecule has 116 valence electrons. The third kappa shape index (κ3) is 4.38. The van der Waals surface area contributed by atoms with Crippen LogP contribution in [0.25, 0.3) is 0 Å². The SMILES string of the molecule is CC(C)(C)OC(=O)NC1(c2ncc(Br)cn2)CCOCC1. The van der Waals surface area contributed by atoms with Gasteiger partial charge in [-0.3, -0.25) is 0 Å². The summed E-state index contributed by atoms with van der Waals surface area (Å²) in [4.78, 5) is 20.8. The average Bonchev–Trinajstić information content (AvgIpc) is 2.38. The molecule has 1 aromatic rings.